The molecule has 0 fully saturated rings. The van der Waals surface area contributed by atoms with Crippen LogP contribution in [0.4, 0.5) is 11.4 Å². The minimum absolute atomic E-state index is 0.0306. The van der Waals surface area contributed by atoms with Crippen molar-refractivity contribution in [3.63, 3.8) is 0 Å². The lowest BCUT2D eigenvalue weighted by Gasteiger charge is -1.91. The summed E-state index contributed by atoms with van der Waals surface area (Å²) in [5, 5.41) is 29.9. The molecule has 12 nitrogen and oxygen atoms in total. The molecule has 0 aliphatic rings. The molecule has 0 saturated heterocycles. The predicted octanol–water partition coefficient (Wildman–Crippen LogP) is -0.123. The Morgan fingerprint density at radius 1 is 1.19 bits per heavy atom. The lowest BCUT2D eigenvalue weighted by atomic mass is 10.2. The molecule has 12 heteroatoms. The van der Waals surface area contributed by atoms with Crippen molar-refractivity contribution in [2.75, 3.05) is 0 Å². The first-order valence-electron chi connectivity index (χ1n) is 5.48. The van der Waals surface area contributed by atoms with Crippen molar-refractivity contribution in [1.82, 2.24) is 20.4 Å². The van der Waals surface area contributed by atoms with Gasteiger partial charge in [-0.15, -0.1) is 5.10 Å². The van der Waals surface area contributed by atoms with Gasteiger partial charge in [0.05, 0.1) is 22.0 Å². The number of fused-ring (bicyclic) bond motifs is 1. The highest BCUT2D eigenvalue weighted by molar-refractivity contribution is 5.85. The molecule has 3 rings (SSSR count). The van der Waals surface area contributed by atoms with Crippen molar-refractivity contribution in [3.8, 4) is 11.5 Å². The molecular weight excluding hydrogens is 286 g/mol. The summed E-state index contributed by atoms with van der Waals surface area (Å²) >= 11 is 0. The number of non-ortho nitro benzene ring substituents is 2. The molecule has 0 radical (unpaired) electrons. The molecule has 0 aliphatic carbocycles. The molecule has 106 valence electrons. The average molecular weight is 292 g/mol. The highest BCUT2D eigenvalue weighted by Crippen LogP contribution is 2.28. The van der Waals surface area contributed by atoms with E-state index < -0.39 is 26.8 Å². The molecule has 0 aliphatic heterocycles. The van der Waals surface area contributed by atoms with Gasteiger partial charge in [0.2, 0.25) is 5.69 Å². The monoisotopic (exact) mass is 292 g/mol. The number of imidazole rings is 1. The molecule has 0 atom stereocenters. The number of nitrogens with zero attached hydrogens (tertiary/aromatic N) is 3. The van der Waals surface area contributed by atoms with Crippen LogP contribution in [0.3, 0.4) is 0 Å². The van der Waals surface area contributed by atoms with Crippen molar-refractivity contribution in [2.45, 2.75) is 0 Å². The molecule has 2 heterocycles. The Hall–Kier alpha value is -3.57. The molecule has 0 amide bonds. The van der Waals surface area contributed by atoms with Crippen LogP contribution in [-0.2, 0) is 0 Å². The number of nitrogens with one attached hydrogen (secondary N) is 4. The van der Waals surface area contributed by atoms with Gasteiger partial charge in [0.25, 0.3) is 16.8 Å². The Labute approximate surface area is 113 Å². The van der Waals surface area contributed by atoms with Gasteiger partial charge in [0.15, 0.2) is 5.52 Å². The van der Waals surface area contributed by atoms with E-state index in [9.17, 15) is 25.0 Å². The highest BCUT2D eigenvalue weighted by Gasteiger charge is 2.28. The maximum Gasteiger partial charge on any atom is 0.326 e. The van der Waals surface area contributed by atoms with Gasteiger partial charge < -0.3 is 0 Å². The van der Waals surface area contributed by atoms with Crippen molar-refractivity contribution >= 4 is 22.4 Å². The predicted molar refractivity (Wildman–Crippen MR) is 66.4 cm³/mol. The van der Waals surface area contributed by atoms with Crippen LogP contribution in [0.25, 0.3) is 22.6 Å². The van der Waals surface area contributed by atoms with E-state index in [-0.39, 0.29) is 22.6 Å². The topological polar surface area (TPSA) is 178 Å². The minimum Gasteiger partial charge on any atom is -0.265 e. The van der Waals surface area contributed by atoms with Crippen LogP contribution < -0.4 is 10.5 Å². The van der Waals surface area contributed by atoms with Gasteiger partial charge in [-0.2, -0.15) is 0 Å². The minimum atomic E-state index is -0.752. The van der Waals surface area contributed by atoms with E-state index in [1.807, 2.05) is 0 Å². The zero-order valence-corrected chi connectivity index (χ0v) is 10.0. The first kappa shape index (κ1) is 12.5. The number of nitro groups is 2. The van der Waals surface area contributed by atoms with E-state index >= 15 is 0 Å². The lowest BCUT2D eigenvalue weighted by molar-refractivity contribution is -0.401. The van der Waals surface area contributed by atoms with Gasteiger partial charge in [-0.1, -0.05) is 0 Å². The Morgan fingerprint density at radius 2 is 1.95 bits per heavy atom. The summed E-state index contributed by atoms with van der Waals surface area (Å²) in [7, 11) is 0. The number of aromatic amines is 4. The maximum absolute atomic E-state index is 11.5. The van der Waals surface area contributed by atoms with Crippen LogP contribution in [0.15, 0.2) is 16.9 Å². The standard InChI is InChI=1S/C9H5N7O5/c17-9-7(12-14-13-9)8-10-4-1-3(15(18)19)2-5(16(20)21)6(4)11-8/h1-2H,(H,10,11)(H2,12,13,14,17)/p+1. The van der Waals surface area contributed by atoms with Crippen LogP contribution in [0.2, 0.25) is 0 Å². The van der Waals surface area contributed by atoms with Gasteiger partial charge in [-0.3, -0.25) is 25.0 Å². The summed E-state index contributed by atoms with van der Waals surface area (Å²) in [6, 6.07) is 1.97. The zero-order valence-electron chi connectivity index (χ0n) is 10.0. The van der Waals surface area contributed by atoms with Crippen molar-refractivity contribution in [2.24, 2.45) is 0 Å². The van der Waals surface area contributed by atoms with Gasteiger partial charge in [-0.25, -0.2) is 20.3 Å². The average Bonchev–Trinajstić information content (AvgIpc) is 3.02. The number of nitro benzene ring substituents is 2. The van der Waals surface area contributed by atoms with Gasteiger partial charge in [0.1, 0.15) is 0 Å². The van der Waals surface area contributed by atoms with Gasteiger partial charge >= 0.3 is 11.5 Å². The first-order chi connectivity index (χ1) is 9.97. The Kier molecular flexibility index (Phi) is 2.51. The maximum atomic E-state index is 11.5. The molecule has 3 aromatic rings. The van der Waals surface area contributed by atoms with E-state index in [0.29, 0.717) is 0 Å². The van der Waals surface area contributed by atoms with Crippen LogP contribution in [0.5, 0.6) is 0 Å². The third-order valence-corrected chi connectivity index (χ3v) is 2.81. The Morgan fingerprint density at radius 3 is 2.52 bits per heavy atom. The molecule has 2 aromatic heterocycles. The van der Waals surface area contributed by atoms with E-state index in [1.54, 1.807) is 0 Å². The smallest absolute Gasteiger partial charge is 0.265 e. The second kappa shape index (κ2) is 4.22. The molecule has 0 spiro atoms. The largest absolute Gasteiger partial charge is 0.326 e. The van der Waals surface area contributed by atoms with Crippen LogP contribution >= 0.6 is 0 Å². The number of aromatic nitrogens is 5. The Bertz CT molecular complexity index is 936. The summed E-state index contributed by atoms with van der Waals surface area (Å²) in [5.74, 6) is 0.0936. The molecule has 0 unspecified atom stereocenters. The number of benzene rings is 1. The molecular formula is C9H6N7O5+. The van der Waals surface area contributed by atoms with Crippen molar-refractivity contribution in [1.29, 1.82) is 0 Å². The fourth-order valence-electron chi connectivity index (χ4n) is 1.91. The highest BCUT2D eigenvalue weighted by atomic mass is 16.6. The van der Waals surface area contributed by atoms with Gasteiger partial charge in [0, 0.05) is 0 Å². The second-order valence-corrected chi connectivity index (χ2v) is 4.05. The second-order valence-electron chi connectivity index (χ2n) is 4.05. The number of rotatable bonds is 3. The summed E-state index contributed by atoms with van der Waals surface area (Å²) < 4.78 is 0. The number of hydrogen-bond donors (Lipinski definition) is 3. The number of H-pyrrole nitrogens is 4. The van der Waals surface area contributed by atoms with Crippen molar-refractivity contribution in [3.05, 3.63) is 42.7 Å². The molecule has 21 heavy (non-hydrogen) atoms. The van der Waals surface area contributed by atoms with E-state index in [4.69, 9.17) is 0 Å². The van der Waals surface area contributed by atoms with Crippen LogP contribution in [-0.4, -0.2) is 30.2 Å². The van der Waals surface area contributed by atoms with E-state index in [1.165, 1.54) is 0 Å². The van der Waals surface area contributed by atoms with Crippen molar-refractivity contribution < 1.29 is 14.8 Å². The summed E-state index contributed by atoms with van der Waals surface area (Å²) in [5.41, 5.74) is -1.37. The summed E-state index contributed by atoms with van der Waals surface area (Å²) in [6.07, 6.45) is 0. The van der Waals surface area contributed by atoms with Gasteiger partial charge in [-0.05, 0) is 0 Å². The molecule has 0 bridgehead atoms. The van der Waals surface area contributed by atoms with E-state index in [2.05, 4.69) is 25.4 Å². The summed E-state index contributed by atoms with van der Waals surface area (Å²) in [4.78, 5) is 37.1. The number of hydrogen-bond acceptors (Lipinski definition) is 6. The van der Waals surface area contributed by atoms with E-state index in [0.717, 1.165) is 12.1 Å². The quantitative estimate of drug-likeness (QED) is 0.447. The summed E-state index contributed by atoms with van der Waals surface area (Å²) in [6.45, 7) is 0. The first-order valence-corrected chi connectivity index (χ1v) is 5.48. The fraction of sp³-hybridized carbons (Fsp3) is 0. The van der Waals surface area contributed by atoms with Crippen LogP contribution in [0, 0.1) is 20.2 Å². The lowest BCUT2D eigenvalue weighted by Crippen LogP contribution is -2.11. The van der Waals surface area contributed by atoms with Crippen LogP contribution in [0.1, 0.15) is 0 Å². The Balaban J connectivity index is 2.32. The molecule has 0 saturated carbocycles. The zero-order chi connectivity index (χ0) is 15.1. The normalized spacial score (nSPS) is 10.9. The third kappa shape index (κ3) is 1.90. The third-order valence-electron chi connectivity index (χ3n) is 2.81. The molecule has 1 aromatic carbocycles. The fourth-order valence-corrected chi connectivity index (χ4v) is 1.91. The molecule has 4 N–H and O–H groups in total. The SMILES string of the molecule is O=c1[nH][nH]nc1-c1[nH]c2cc([N+](=O)[O-])cc([N+](=O)[O-])c2[nH+]1.